The molecule has 1 atom stereocenters. The van der Waals surface area contributed by atoms with Gasteiger partial charge in [0.05, 0.1) is 7.11 Å². The van der Waals surface area contributed by atoms with Gasteiger partial charge in [-0.15, -0.1) is 0 Å². The molecule has 0 spiro atoms. The number of rotatable bonds is 7. The highest BCUT2D eigenvalue weighted by Crippen LogP contribution is 2.17. The Kier molecular flexibility index (Phi) is 5.49. The van der Waals surface area contributed by atoms with Crippen molar-refractivity contribution in [2.45, 2.75) is 32.4 Å². The summed E-state index contributed by atoms with van der Waals surface area (Å²) in [6, 6.07) is 7.97. The quantitative estimate of drug-likeness (QED) is 0.762. The van der Waals surface area contributed by atoms with E-state index in [4.69, 9.17) is 9.84 Å². The lowest BCUT2D eigenvalue weighted by Crippen LogP contribution is -2.26. The van der Waals surface area contributed by atoms with E-state index in [0.717, 1.165) is 11.3 Å². The average molecular weight is 237 g/mol. The fourth-order valence-corrected chi connectivity index (χ4v) is 1.58. The molecule has 0 saturated carbocycles. The van der Waals surface area contributed by atoms with Crippen LogP contribution in [0.3, 0.4) is 0 Å². The summed E-state index contributed by atoms with van der Waals surface area (Å²) in [5.41, 5.74) is 1.08. The van der Waals surface area contributed by atoms with Crippen molar-refractivity contribution in [2.75, 3.05) is 7.11 Å². The first-order valence-electron chi connectivity index (χ1n) is 5.70. The van der Waals surface area contributed by atoms with Crippen LogP contribution in [0.2, 0.25) is 0 Å². The Labute approximate surface area is 102 Å². The highest BCUT2D eigenvalue weighted by molar-refractivity contribution is 5.66. The summed E-state index contributed by atoms with van der Waals surface area (Å²) >= 11 is 0. The fraction of sp³-hybridized carbons (Fsp3) is 0.462. The predicted molar refractivity (Wildman–Crippen MR) is 66.2 cm³/mol. The third-order valence-electron chi connectivity index (χ3n) is 2.62. The maximum atomic E-state index is 10.4. The Morgan fingerprint density at radius 3 is 2.82 bits per heavy atom. The number of aliphatic carboxylic acids is 1. The van der Waals surface area contributed by atoms with E-state index in [0.29, 0.717) is 13.0 Å². The van der Waals surface area contributed by atoms with Gasteiger partial charge < -0.3 is 15.2 Å². The maximum Gasteiger partial charge on any atom is 0.303 e. The largest absolute Gasteiger partial charge is 0.496 e. The van der Waals surface area contributed by atoms with Crippen molar-refractivity contribution in [1.29, 1.82) is 0 Å². The Morgan fingerprint density at radius 1 is 1.47 bits per heavy atom. The second kappa shape index (κ2) is 6.91. The van der Waals surface area contributed by atoms with Gasteiger partial charge in [-0.3, -0.25) is 4.79 Å². The number of carboxylic acids is 1. The van der Waals surface area contributed by atoms with Crippen LogP contribution >= 0.6 is 0 Å². The molecule has 1 aromatic carbocycles. The van der Waals surface area contributed by atoms with Crippen molar-refractivity contribution in [3.05, 3.63) is 29.8 Å². The van der Waals surface area contributed by atoms with E-state index in [2.05, 4.69) is 5.32 Å². The topological polar surface area (TPSA) is 58.6 Å². The maximum absolute atomic E-state index is 10.4. The molecule has 0 aliphatic heterocycles. The van der Waals surface area contributed by atoms with Crippen LogP contribution in [0.25, 0.3) is 0 Å². The van der Waals surface area contributed by atoms with Crippen molar-refractivity contribution in [2.24, 2.45) is 0 Å². The molecule has 1 unspecified atom stereocenters. The molecule has 0 saturated heterocycles. The third-order valence-corrected chi connectivity index (χ3v) is 2.62. The molecule has 2 N–H and O–H groups in total. The molecule has 0 aliphatic rings. The van der Waals surface area contributed by atoms with Crippen molar-refractivity contribution in [3.63, 3.8) is 0 Å². The van der Waals surface area contributed by atoms with Gasteiger partial charge in [-0.05, 0) is 19.4 Å². The molecular formula is C13H19NO3. The van der Waals surface area contributed by atoms with E-state index in [1.165, 1.54) is 0 Å². The number of methoxy groups -OCH3 is 1. The van der Waals surface area contributed by atoms with Gasteiger partial charge in [-0.25, -0.2) is 0 Å². The number of carboxylic acid groups (broad SMARTS) is 1. The summed E-state index contributed by atoms with van der Waals surface area (Å²) in [6.07, 6.45) is 0.824. The lowest BCUT2D eigenvalue weighted by atomic mass is 10.1. The number of ether oxygens (including phenoxy) is 1. The molecule has 0 heterocycles. The SMILES string of the molecule is COc1ccccc1CNC(C)CCC(=O)O. The molecule has 0 radical (unpaired) electrons. The first kappa shape index (κ1) is 13.5. The zero-order chi connectivity index (χ0) is 12.7. The molecule has 0 aliphatic carbocycles. The summed E-state index contributed by atoms with van der Waals surface area (Å²) in [6.45, 7) is 2.67. The number of hydrogen-bond donors (Lipinski definition) is 2. The van der Waals surface area contributed by atoms with Gasteiger partial charge in [0, 0.05) is 24.6 Å². The molecular weight excluding hydrogens is 218 g/mol. The minimum Gasteiger partial charge on any atom is -0.496 e. The van der Waals surface area contributed by atoms with Crippen molar-refractivity contribution >= 4 is 5.97 Å². The Morgan fingerprint density at radius 2 is 2.18 bits per heavy atom. The van der Waals surface area contributed by atoms with Crippen LogP contribution < -0.4 is 10.1 Å². The normalized spacial score (nSPS) is 12.1. The van der Waals surface area contributed by atoms with Gasteiger partial charge in [0.15, 0.2) is 0 Å². The van der Waals surface area contributed by atoms with Gasteiger partial charge in [-0.2, -0.15) is 0 Å². The van der Waals surface area contributed by atoms with Crippen LogP contribution in [0.4, 0.5) is 0 Å². The standard InChI is InChI=1S/C13H19NO3/c1-10(7-8-13(15)16)14-9-11-5-3-4-6-12(11)17-2/h3-6,10,14H,7-9H2,1-2H3,(H,15,16). The van der Waals surface area contributed by atoms with Crippen molar-refractivity contribution in [1.82, 2.24) is 5.32 Å². The van der Waals surface area contributed by atoms with Crippen molar-refractivity contribution < 1.29 is 14.6 Å². The third kappa shape index (κ3) is 4.87. The molecule has 4 heteroatoms. The molecule has 1 rings (SSSR count). The summed E-state index contributed by atoms with van der Waals surface area (Å²) in [5.74, 6) is 0.0985. The minimum atomic E-state index is -0.754. The molecule has 1 aromatic rings. The van der Waals surface area contributed by atoms with E-state index < -0.39 is 5.97 Å². The van der Waals surface area contributed by atoms with Crippen LogP contribution in [-0.2, 0) is 11.3 Å². The van der Waals surface area contributed by atoms with E-state index in [-0.39, 0.29) is 12.5 Å². The van der Waals surface area contributed by atoms with Gasteiger partial charge in [-0.1, -0.05) is 18.2 Å². The van der Waals surface area contributed by atoms with E-state index in [1.54, 1.807) is 7.11 Å². The second-order valence-corrected chi connectivity index (χ2v) is 4.03. The Balaban J connectivity index is 2.41. The van der Waals surface area contributed by atoms with E-state index in [9.17, 15) is 4.79 Å². The fourth-order valence-electron chi connectivity index (χ4n) is 1.58. The summed E-state index contributed by atoms with van der Waals surface area (Å²) in [7, 11) is 1.65. The van der Waals surface area contributed by atoms with Gasteiger partial charge in [0.1, 0.15) is 5.75 Å². The van der Waals surface area contributed by atoms with Crippen LogP contribution in [0.15, 0.2) is 24.3 Å². The van der Waals surface area contributed by atoms with Crippen LogP contribution in [0.1, 0.15) is 25.3 Å². The van der Waals surface area contributed by atoms with Crippen LogP contribution in [-0.4, -0.2) is 24.2 Å². The molecule has 17 heavy (non-hydrogen) atoms. The monoisotopic (exact) mass is 237 g/mol. The van der Waals surface area contributed by atoms with E-state index in [1.807, 2.05) is 31.2 Å². The molecule has 4 nitrogen and oxygen atoms in total. The Bertz CT molecular complexity index is 365. The summed E-state index contributed by atoms with van der Waals surface area (Å²) in [5, 5.41) is 11.9. The lowest BCUT2D eigenvalue weighted by Gasteiger charge is -2.14. The highest BCUT2D eigenvalue weighted by atomic mass is 16.5. The van der Waals surface area contributed by atoms with Gasteiger partial charge in [0.2, 0.25) is 0 Å². The average Bonchev–Trinajstić information content (AvgIpc) is 2.34. The van der Waals surface area contributed by atoms with Crippen LogP contribution in [0, 0.1) is 0 Å². The predicted octanol–water partition coefficient (Wildman–Crippen LogP) is 2.04. The van der Waals surface area contributed by atoms with E-state index >= 15 is 0 Å². The summed E-state index contributed by atoms with van der Waals surface area (Å²) in [4.78, 5) is 10.4. The zero-order valence-electron chi connectivity index (χ0n) is 10.3. The number of hydrogen-bond acceptors (Lipinski definition) is 3. The number of nitrogens with one attached hydrogen (secondary N) is 1. The minimum absolute atomic E-state index is 0.177. The number of carbonyl (C=O) groups is 1. The highest BCUT2D eigenvalue weighted by Gasteiger charge is 2.06. The molecule has 0 bridgehead atoms. The molecule has 0 amide bonds. The Hall–Kier alpha value is -1.55. The van der Waals surface area contributed by atoms with Gasteiger partial charge >= 0.3 is 5.97 Å². The molecule has 0 fully saturated rings. The first-order valence-corrected chi connectivity index (χ1v) is 5.70. The van der Waals surface area contributed by atoms with Crippen LogP contribution in [0.5, 0.6) is 5.75 Å². The smallest absolute Gasteiger partial charge is 0.303 e. The number of para-hydroxylation sites is 1. The zero-order valence-corrected chi connectivity index (χ0v) is 10.3. The molecule has 94 valence electrons. The van der Waals surface area contributed by atoms with Crippen molar-refractivity contribution in [3.8, 4) is 5.75 Å². The summed E-state index contributed by atoms with van der Waals surface area (Å²) < 4.78 is 5.24. The second-order valence-electron chi connectivity index (χ2n) is 4.03. The number of benzene rings is 1. The van der Waals surface area contributed by atoms with Gasteiger partial charge in [0.25, 0.3) is 0 Å². The first-order chi connectivity index (χ1) is 8.13. The molecule has 0 aromatic heterocycles. The lowest BCUT2D eigenvalue weighted by molar-refractivity contribution is -0.137.